The second-order valence-electron chi connectivity index (χ2n) is 7.16. The molecule has 0 spiro atoms. The van der Waals surface area contributed by atoms with Gasteiger partial charge in [0, 0.05) is 32.2 Å². The molecule has 21 heavy (non-hydrogen) atoms. The Kier molecular flexibility index (Phi) is 5.68. The Hall–Kier alpha value is -0.170. The summed E-state index contributed by atoms with van der Waals surface area (Å²) >= 11 is 0. The highest BCUT2D eigenvalue weighted by Gasteiger charge is 2.34. The fourth-order valence-corrected chi connectivity index (χ4v) is 4.92. The second kappa shape index (κ2) is 6.94. The molecule has 2 aliphatic rings. The highest BCUT2D eigenvalue weighted by molar-refractivity contribution is 7.87. The van der Waals surface area contributed by atoms with Crippen LogP contribution in [-0.2, 0) is 10.2 Å². The van der Waals surface area contributed by atoms with Gasteiger partial charge in [0.05, 0.1) is 0 Å². The van der Waals surface area contributed by atoms with E-state index < -0.39 is 10.2 Å². The smallest absolute Gasteiger partial charge is 0.279 e. The molecule has 2 fully saturated rings. The van der Waals surface area contributed by atoms with E-state index >= 15 is 0 Å². The van der Waals surface area contributed by atoms with Crippen molar-refractivity contribution in [3.63, 3.8) is 0 Å². The van der Waals surface area contributed by atoms with Gasteiger partial charge in [0.25, 0.3) is 10.2 Å². The van der Waals surface area contributed by atoms with Crippen molar-refractivity contribution < 1.29 is 8.42 Å². The summed E-state index contributed by atoms with van der Waals surface area (Å²) < 4.78 is 29.3. The van der Waals surface area contributed by atoms with Gasteiger partial charge in [0.1, 0.15) is 0 Å². The van der Waals surface area contributed by atoms with Crippen molar-refractivity contribution in [1.29, 1.82) is 0 Å². The van der Waals surface area contributed by atoms with Crippen molar-refractivity contribution in [2.24, 2.45) is 11.3 Å². The number of hydrogen-bond donors (Lipinski definition) is 2. The third-order valence-corrected chi connectivity index (χ3v) is 7.15. The minimum Gasteiger partial charge on any atom is -0.314 e. The first-order valence-electron chi connectivity index (χ1n) is 8.33. The summed E-state index contributed by atoms with van der Waals surface area (Å²) in [5, 5.41) is 3.19. The fraction of sp³-hybridized carbons (Fsp3) is 1.00. The number of piperazine rings is 1. The lowest BCUT2D eigenvalue weighted by Crippen LogP contribution is -2.53. The van der Waals surface area contributed by atoms with Crippen LogP contribution in [-0.4, -0.2) is 44.9 Å². The zero-order valence-electron chi connectivity index (χ0n) is 13.7. The summed E-state index contributed by atoms with van der Waals surface area (Å²) in [5.74, 6) is 0.724. The van der Waals surface area contributed by atoms with Crippen LogP contribution in [0.25, 0.3) is 0 Å². The Labute approximate surface area is 130 Å². The number of hydrogen-bond acceptors (Lipinski definition) is 3. The summed E-state index contributed by atoms with van der Waals surface area (Å²) in [7, 11) is -3.30. The zero-order chi connectivity index (χ0) is 15.5. The van der Waals surface area contributed by atoms with Crippen molar-refractivity contribution in [1.82, 2.24) is 14.3 Å². The van der Waals surface area contributed by atoms with Crippen LogP contribution in [0.4, 0.5) is 0 Å². The van der Waals surface area contributed by atoms with Crippen molar-refractivity contribution in [2.75, 3.05) is 26.2 Å². The van der Waals surface area contributed by atoms with Crippen molar-refractivity contribution in [3.05, 3.63) is 0 Å². The number of nitrogens with zero attached hydrogens (tertiary/aromatic N) is 1. The minimum atomic E-state index is -3.30. The molecule has 0 aromatic heterocycles. The fourth-order valence-electron chi connectivity index (χ4n) is 3.45. The predicted octanol–water partition coefficient (Wildman–Crippen LogP) is 1.72. The lowest BCUT2D eigenvalue weighted by Gasteiger charge is -2.39. The molecule has 6 heteroatoms. The van der Waals surface area contributed by atoms with Crippen LogP contribution in [0.1, 0.15) is 52.9 Å². The first-order chi connectivity index (χ1) is 9.85. The maximum atomic E-state index is 12.4. The maximum absolute atomic E-state index is 12.4. The van der Waals surface area contributed by atoms with Gasteiger partial charge in [-0.3, -0.25) is 0 Å². The molecule has 1 aliphatic carbocycles. The normalized spacial score (nSPS) is 29.5. The Morgan fingerprint density at radius 3 is 2.24 bits per heavy atom. The van der Waals surface area contributed by atoms with Crippen LogP contribution in [0.3, 0.4) is 0 Å². The number of nitrogens with one attached hydrogen (secondary N) is 2. The first-order valence-corrected chi connectivity index (χ1v) is 9.77. The van der Waals surface area contributed by atoms with Crippen molar-refractivity contribution in [2.45, 2.75) is 58.9 Å². The summed E-state index contributed by atoms with van der Waals surface area (Å²) in [4.78, 5) is 0. The third kappa shape index (κ3) is 4.41. The summed E-state index contributed by atoms with van der Waals surface area (Å²) in [6.45, 7) is 9.57. The van der Waals surface area contributed by atoms with Gasteiger partial charge in [-0.2, -0.15) is 17.4 Å². The molecule has 0 atom stereocenters. The molecule has 1 saturated carbocycles. The van der Waals surface area contributed by atoms with Gasteiger partial charge in [-0.05, 0) is 37.0 Å². The van der Waals surface area contributed by atoms with E-state index in [-0.39, 0.29) is 6.04 Å². The maximum Gasteiger partial charge on any atom is 0.279 e. The van der Waals surface area contributed by atoms with E-state index in [1.165, 1.54) is 6.42 Å². The average Bonchev–Trinajstić information content (AvgIpc) is 2.48. The van der Waals surface area contributed by atoms with E-state index in [4.69, 9.17) is 0 Å². The van der Waals surface area contributed by atoms with Crippen molar-refractivity contribution in [3.8, 4) is 0 Å². The molecule has 1 heterocycles. The van der Waals surface area contributed by atoms with E-state index in [2.05, 4.69) is 30.8 Å². The van der Waals surface area contributed by atoms with Crippen LogP contribution < -0.4 is 10.0 Å². The van der Waals surface area contributed by atoms with E-state index in [9.17, 15) is 8.42 Å². The predicted molar refractivity (Wildman–Crippen MR) is 86.3 cm³/mol. The summed E-state index contributed by atoms with van der Waals surface area (Å²) in [6, 6.07) is 0.119. The SMILES string of the molecule is CCC(C)(C)C1CCC(NS(=O)(=O)N2CCNCC2)CC1. The second-order valence-corrected chi connectivity index (χ2v) is 8.86. The molecule has 2 N–H and O–H groups in total. The Balaban J connectivity index is 1.85. The topological polar surface area (TPSA) is 61.4 Å². The molecule has 5 nitrogen and oxygen atoms in total. The molecule has 0 amide bonds. The van der Waals surface area contributed by atoms with Gasteiger partial charge in [-0.25, -0.2) is 0 Å². The monoisotopic (exact) mass is 317 g/mol. The molecule has 1 aliphatic heterocycles. The zero-order valence-corrected chi connectivity index (χ0v) is 14.5. The largest absolute Gasteiger partial charge is 0.314 e. The molecule has 2 rings (SSSR count). The molecule has 124 valence electrons. The van der Waals surface area contributed by atoms with Crippen molar-refractivity contribution >= 4 is 10.2 Å². The highest BCUT2D eigenvalue weighted by atomic mass is 32.2. The van der Waals surface area contributed by atoms with E-state index in [0.717, 1.165) is 44.7 Å². The molecule has 0 bridgehead atoms. The molecule has 1 saturated heterocycles. The lowest BCUT2D eigenvalue weighted by molar-refractivity contribution is 0.141. The van der Waals surface area contributed by atoms with Gasteiger partial charge in [0.2, 0.25) is 0 Å². The molecular formula is C15H31N3O2S. The Bertz CT molecular complexity index is 422. The van der Waals surface area contributed by atoms with E-state index in [1.54, 1.807) is 4.31 Å². The highest BCUT2D eigenvalue weighted by Crippen LogP contribution is 2.40. The Morgan fingerprint density at radius 2 is 1.71 bits per heavy atom. The molecule has 0 aromatic rings. The third-order valence-electron chi connectivity index (χ3n) is 5.48. The first kappa shape index (κ1) is 17.2. The summed E-state index contributed by atoms with van der Waals surface area (Å²) in [6.07, 6.45) is 5.40. The van der Waals surface area contributed by atoms with Crippen LogP contribution in [0.15, 0.2) is 0 Å². The van der Waals surface area contributed by atoms with Gasteiger partial charge in [-0.1, -0.05) is 27.2 Å². The molecule has 0 aromatic carbocycles. The minimum absolute atomic E-state index is 0.119. The molecule has 0 unspecified atom stereocenters. The summed E-state index contributed by atoms with van der Waals surface area (Å²) in [5.41, 5.74) is 0.377. The standard InChI is InChI=1S/C15H31N3O2S/c1-4-15(2,3)13-5-7-14(8-6-13)17-21(19,20)18-11-9-16-10-12-18/h13-14,16-17H,4-12H2,1-3H3. The van der Waals surface area contributed by atoms with Gasteiger partial charge >= 0.3 is 0 Å². The number of rotatable bonds is 5. The van der Waals surface area contributed by atoms with Crippen LogP contribution in [0.5, 0.6) is 0 Å². The average molecular weight is 317 g/mol. The van der Waals surface area contributed by atoms with E-state index in [1.807, 2.05) is 0 Å². The van der Waals surface area contributed by atoms with Gasteiger partial charge in [0.15, 0.2) is 0 Å². The Morgan fingerprint density at radius 1 is 1.14 bits per heavy atom. The van der Waals surface area contributed by atoms with Gasteiger partial charge < -0.3 is 5.32 Å². The lowest BCUT2D eigenvalue weighted by atomic mass is 9.69. The van der Waals surface area contributed by atoms with Gasteiger partial charge in [-0.15, -0.1) is 0 Å². The van der Waals surface area contributed by atoms with Crippen LogP contribution in [0.2, 0.25) is 0 Å². The molecule has 0 radical (unpaired) electrons. The quantitative estimate of drug-likeness (QED) is 0.811. The van der Waals surface area contributed by atoms with Crippen LogP contribution >= 0.6 is 0 Å². The van der Waals surface area contributed by atoms with E-state index in [0.29, 0.717) is 18.5 Å². The molecular weight excluding hydrogens is 286 g/mol. The van der Waals surface area contributed by atoms with Crippen LogP contribution in [0, 0.1) is 11.3 Å².